The molecule has 2 rings (SSSR count). The van der Waals surface area contributed by atoms with Crippen molar-refractivity contribution in [3.63, 3.8) is 0 Å². The summed E-state index contributed by atoms with van der Waals surface area (Å²) in [5, 5.41) is 10.5. The van der Waals surface area contributed by atoms with Crippen molar-refractivity contribution >= 4 is 0 Å². The quantitative estimate of drug-likeness (QED) is 0.851. The summed E-state index contributed by atoms with van der Waals surface area (Å²) in [4.78, 5) is 0. The van der Waals surface area contributed by atoms with Crippen LogP contribution in [-0.4, -0.2) is 5.11 Å². The van der Waals surface area contributed by atoms with E-state index in [9.17, 15) is 5.11 Å². The molecule has 21 heavy (non-hydrogen) atoms. The van der Waals surface area contributed by atoms with E-state index in [0.29, 0.717) is 6.42 Å². The summed E-state index contributed by atoms with van der Waals surface area (Å²) in [6, 6.07) is 14.7. The Morgan fingerprint density at radius 3 is 2.14 bits per heavy atom. The molecule has 1 atom stereocenters. The van der Waals surface area contributed by atoms with Gasteiger partial charge in [-0.25, -0.2) is 0 Å². The minimum absolute atomic E-state index is 0.171. The second-order valence-electron chi connectivity index (χ2n) is 6.96. The molecule has 0 bridgehead atoms. The van der Waals surface area contributed by atoms with Crippen molar-refractivity contribution in [2.75, 3.05) is 0 Å². The molecule has 0 aliphatic heterocycles. The van der Waals surface area contributed by atoms with Crippen LogP contribution in [0.25, 0.3) is 0 Å². The molecule has 0 aliphatic carbocycles. The number of hydrogen-bond donors (Lipinski definition) is 1. The molecule has 0 aromatic heterocycles. The average molecular weight is 282 g/mol. The Balaban J connectivity index is 2.16. The average Bonchev–Trinajstić information content (AvgIpc) is 2.41. The second kappa shape index (κ2) is 6.03. The lowest BCUT2D eigenvalue weighted by Crippen LogP contribution is -2.11. The van der Waals surface area contributed by atoms with Crippen LogP contribution in [-0.2, 0) is 11.8 Å². The molecule has 0 saturated carbocycles. The van der Waals surface area contributed by atoms with Crippen LogP contribution in [0.5, 0.6) is 0 Å². The summed E-state index contributed by atoms with van der Waals surface area (Å²) in [5.74, 6) is 0. The summed E-state index contributed by atoms with van der Waals surface area (Å²) < 4.78 is 0. The van der Waals surface area contributed by atoms with Crippen LogP contribution in [0.4, 0.5) is 0 Å². The zero-order valence-electron chi connectivity index (χ0n) is 13.8. The van der Waals surface area contributed by atoms with Gasteiger partial charge in [0.15, 0.2) is 0 Å². The molecule has 1 heteroatoms. The normalized spacial score (nSPS) is 13.2. The predicted molar refractivity (Wildman–Crippen MR) is 89.7 cm³/mol. The van der Waals surface area contributed by atoms with Crippen molar-refractivity contribution < 1.29 is 5.11 Å². The summed E-state index contributed by atoms with van der Waals surface area (Å²) in [6.07, 6.45) is 0.222. The van der Waals surface area contributed by atoms with Crippen LogP contribution in [0.3, 0.4) is 0 Å². The van der Waals surface area contributed by atoms with Gasteiger partial charge in [0.1, 0.15) is 0 Å². The minimum atomic E-state index is -0.439. The summed E-state index contributed by atoms with van der Waals surface area (Å²) >= 11 is 0. The lowest BCUT2D eigenvalue weighted by atomic mass is 9.86. The molecule has 0 aliphatic rings. The van der Waals surface area contributed by atoms with Gasteiger partial charge in [-0.15, -0.1) is 0 Å². The lowest BCUT2D eigenvalue weighted by Gasteiger charge is -2.20. The molecule has 0 amide bonds. The van der Waals surface area contributed by atoms with E-state index in [4.69, 9.17) is 0 Å². The van der Waals surface area contributed by atoms with Crippen LogP contribution < -0.4 is 0 Å². The fourth-order valence-corrected chi connectivity index (χ4v) is 2.61. The number of aliphatic hydroxyl groups is 1. The summed E-state index contributed by atoms with van der Waals surface area (Å²) in [5.41, 5.74) is 6.13. The van der Waals surface area contributed by atoms with Gasteiger partial charge >= 0.3 is 0 Å². The lowest BCUT2D eigenvalue weighted by molar-refractivity contribution is 0.177. The Morgan fingerprint density at radius 2 is 1.57 bits per heavy atom. The topological polar surface area (TPSA) is 20.2 Å². The molecule has 1 unspecified atom stereocenters. The molecular weight excluding hydrogens is 256 g/mol. The first-order valence-corrected chi connectivity index (χ1v) is 7.62. The van der Waals surface area contributed by atoms with Gasteiger partial charge in [0, 0.05) is 6.42 Å². The third-order valence-corrected chi connectivity index (χ3v) is 4.25. The van der Waals surface area contributed by atoms with Crippen molar-refractivity contribution in [1.29, 1.82) is 0 Å². The van der Waals surface area contributed by atoms with Crippen LogP contribution in [0, 0.1) is 13.8 Å². The van der Waals surface area contributed by atoms with Crippen molar-refractivity contribution in [3.05, 3.63) is 70.3 Å². The fraction of sp³-hybridized carbons (Fsp3) is 0.400. The maximum atomic E-state index is 10.5. The van der Waals surface area contributed by atoms with Gasteiger partial charge in [-0.05, 0) is 47.1 Å². The first-order chi connectivity index (χ1) is 9.79. The monoisotopic (exact) mass is 282 g/mol. The molecule has 2 aromatic carbocycles. The maximum Gasteiger partial charge on any atom is 0.0833 e. The molecular formula is C20H26O. The third kappa shape index (κ3) is 3.74. The Hall–Kier alpha value is -1.60. The van der Waals surface area contributed by atoms with Gasteiger partial charge in [-0.2, -0.15) is 0 Å². The van der Waals surface area contributed by atoms with Crippen LogP contribution in [0.2, 0.25) is 0 Å². The molecule has 0 fully saturated rings. The van der Waals surface area contributed by atoms with E-state index >= 15 is 0 Å². The highest BCUT2D eigenvalue weighted by molar-refractivity contribution is 5.36. The van der Waals surface area contributed by atoms with Gasteiger partial charge in [0.05, 0.1) is 6.10 Å². The van der Waals surface area contributed by atoms with E-state index in [1.54, 1.807) is 0 Å². The van der Waals surface area contributed by atoms with Crippen molar-refractivity contribution in [2.45, 2.75) is 52.6 Å². The standard InChI is InChI=1S/C20H26O/c1-14-7-6-8-18(15(14)2)19(21)13-16-9-11-17(12-10-16)20(3,4)5/h6-12,19,21H,13H2,1-5H3. The Morgan fingerprint density at radius 1 is 0.952 bits per heavy atom. The zero-order valence-corrected chi connectivity index (χ0v) is 13.8. The second-order valence-corrected chi connectivity index (χ2v) is 6.96. The highest BCUT2D eigenvalue weighted by Crippen LogP contribution is 2.26. The number of hydrogen-bond acceptors (Lipinski definition) is 1. The zero-order chi connectivity index (χ0) is 15.6. The van der Waals surface area contributed by atoms with E-state index in [2.05, 4.69) is 65.0 Å². The Kier molecular flexibility index (Phi) is 4.53. The van der Waals surface area contributed by atoms with E-state index < -0.39 is 6.10 Å². The first-order valence-electron chi connectivity index (χ1n) is 7.62. The van der Waals surface area contributed by atoms with Crippen molar-refractivity contribution in [1.82, 2.24) is 0 Å². The number of benzene rings is 2. The third-order valence-electron chi connectivity index (χ3n) is 4.25. The van der Waals surface area contributed by atoms with E-state index in [0.717, 1.165) is 5.56 Å². The largest absolute Gasteiger partial charge is 0.388 e. The van der Waals surface area contributed by atoms with Gasteiger partial charge in [0.25, 0.3) is 0 Å². The molecule has 2 aromatic rings. The highest BCUT2D eigenvalue weighted by atomic mass is 16.3. The first kappa shape index (κ1) is 15.8. The minimum Gasteiger partial charge on any atom is -0.388 e. The Labute approximate surface area is 128 Å². The van der Waals surface area contributed by atoms with Gasteiger partial charge < -0.3 is 5.11 Å². The van der Waals surface area contributed by atoms with E-state index in [1.807, 2.05) is 12.1 Å². The molecule has 0 heterocycles. The van der Waals surface area contributed by atoms with Gasteiger partial charge in [-0.3, -0.25) is 0 Å². The van der Waals surface area contributed by atoms with Crippen molar-refractivity contribution in [2.24, 2.45) is 0 Å². The molecule has 112 valence electrons. The summed E-state index contributed by atoms with van der Waals surface area (Å²) in [7, 11) is 0. The van der Waals surface area contributed by atoms with Gasteiger partial charge in [-0.1, -0.05) is 63.2 Å². The highest BCUT2D eigenvalue weighted by Gasteiger charge is 2.15. The molecule has 1 N–H and O–H groups in total. The SMILES string of the molecule is Cc1cccc(C(O)Cc2ccc(C(C)(C)C)cc2)c1C. The maximum absolute atomic E-state index is 10.5. The molecule has 0 radical (unpaired) electrons. The fourth-order valence-electron chi connectivity index (χ4n) is 2.61. The number of aliphatic hydroxyl groups excluding tert-OH is 1. The van der Waals surface area contributed by atoms with E-state index in [1.165, 1.54) is 22.3 Å². The molecule has 1 nitrogen and oxygen atoms in total. The van der Waals surface area contributed by atoms with E-state index in [-0.39, 0.29) is 5.41 Å². The molecule has 0 saturated heterocycles. The number of aryl methyl sites for hydroxylation is 1. The smallest absolute Gasteiger partial charge is 0.0833 e. The van der Waals surface area contributed by atoms with Crippen LogP contribution in [0.1, 0.15) is 54.7 Å². The number of rotatable bonds is 3. The predicted octanol–water partition coefficient (Wildman–Crippen LogP) is 4.88. The van der Waals surface area contributed by atoms with Crippen LogP contribution in [0.15, 0.2) is 42.5 Å². The molecule has 0 spiro atoms. The van der Waals surface area contributed by atoms with Crippen molar-refractivity contribution in [3.8, 4) is 0 Å². The van der Waals surface area contributed by atoms with Gasteiger partial charge in [0.2, 0.25) is 0 Å². The Bertz CT molecular complexity index is 603. The van der Waals surface area contributed by atoms with Crippen LogP contribution >= 0.6 is 0 Å². The summed E-state index contributed by atoms with van der Waals surface area (Å²) in [6.45, 7) is 10.8.